The molecule has 5 heteroatoms. The second kappa shape index (κ2) is 5.49. The molecule has 0 aromatic heterocycles. The Morgan fingerprint density at radius 1 is 1.24 bits per heavy atom. The molecule has 0 bridgehead atoms. The van der Waals surface area contributed by atoms with Crippen LogP contribution in [0.5, 0.6) is 5.75 Å². The zero-order valence-corrected chi connectivity index (χ0v) is 11.2. The average Bonchev–Trinajstić information content (AvgIpc) is 3.02. The van der Waals surface area contributed by atoms with Crippen molar-refractivity contribution in [2.75, 3.05) is 6.61 Å². The molecule has 0 radical (unpaired) electrons. The van der Waals surface area contributed by atoms with Crippen molar-refractivity contribution in [3.8, 4) is 5.75 Å². The molecule has 1 heterocycles. The maximum Gasteiger partial charge on any atom is 0.122 e. The first-order valence-corrected chi connectivity index (χ1v) is 6.29. The maximum absolute atomic E-state index is 5.89. The van der Waals surface area contributed by atoms with Crippen LogP contribution in [0.3, 0.4) is 0 Å². The highest BCUT2D eigenvalue weighted by Crippen LogP contribution is 2.35. The molecule has 1 aliphatic rings. The summed E-state index contributed by atoms with van der Waals surface area (Å²) in [6.07, 6.45) is 3.03. The third kappa shape index (κ3) is 3.29. The number of rotatable bonds is 5. The van der Waals surface area contributed by atoms with E-state index in [0.29, 0.717) is 27.4 Å². The van der Waals surface area contributed by atoms with E-state index in [2.05, 4.69) is 6.58 Å². The van der Waals surface area contributed by atoms with Crippen molar-refractivity contribution in [2.45, 2.75) is 18.6 Å². The van der Waals surface area contributed by atoms with Crippen LogP contribution in [0.4, 0.5) is 0 Å². The minimum absolute atomic E-state index is 0.126. The van der Waals surface area contributed by atoms with Gasteiger partial charge in [-0.3, -0.25) is 0 Å². The van der Waals surface area contributed by atoms with E-state index in [1.807, 2.05) is 6.08 Å². The van der Waals surface area contributed by atoms with Crippen LogP contribution in [0.1, 0.15) is 6.42 Å². The molecule has 1 aromatic rings. The van der Waals surface area contributed by atoms with E-state index >= 15 is 0 Å². The Balaban J connectivity index is 1.90. The first kappa shape index (κ1) is 13.0. The molecule has 2 nitrogen and oxygen atoms in total. The predicted molar refractivity (Wildman–Crippen MR) is 70.4 cm³/mol. The van der Waals surface area contributed by atoms with Gasteiger partial charge in [0.2, 0.25) is 0 Å². The highest BCUT2D eigenvalue weighted by atomic mass is 35.5. The minimum atomic E-state index is 0.126. The number of halogens is 3. The normalized spacial score (nSPS) is 22.3. The highest BCUT2D eigenvalue weighted by molar-refractivity contribution is 6.48. The highest BCUT2D eigenvalue weighted by Gasteiger charge is 2.38. The molecular weight excluding hydrogens is 282 g/mol. The summed E-state index contributed by atoms with van der Waals surface area (Å²) in [6.45, 7) is 4.14. The van der Waals surface area contributed by atoms with Crippen molar-refractivity contribution in [1.29, 1.82) is 0 Å². The molecule has 2 rings (SSSR count). The van der Waals surface area contributed by atoms with E-state index < -0.39 is 0 Å². The second-order valence-corrected chi connectivity index (χ2v) is 4.94. The van der Waals surface area contributed by atoms with E-state index in [1.54, 1.807) is 12.1 Å². The lowest BCUT2D eigenvalue weighted by Crippen LogP contribution is -2.07. The first-order valence-electron chi connectivity index (χ1n) is 5.15. The minimum Gasteiger partial charge on any atom is -0.491 e. The van der Waals surface area contributed by atoms with Gasteiger partial charge in [-0.05, 0) is 6.42 Å². The van der Waals surface area contributed by atoms with E-state index in [0.717, 1.165) is 6.42 Å². The lowest BCUT2D eigenvalue weighted by atomic mass is 10.2. The molecule has 1 aliphatic heterocycles. The molecule has 0 spiro atoms. The Morgan fingerprint density at radius 3 is 2.47 bits per heavy atom. The summed E-state index contributed by atoms with van der Waals surface area (Å²) in [5, 5.41) is 1.11. The zero-order valence-electron chi connectivity index (χ0n) is 8.96. The molecule has 1 saturated heterocycles. The fourth-order valence-corrected chi connectivity index (χ4v) is 2.07. The van der Waals surface area contributed by atoms with Crippen LogP contribution in [0.25, 0.3) is 0 Å². The Morgan fingerprint density at radius 2 is 1.88 bits per heavy atom. The Hall–Kier alpha value is -0.410. The van der Waals surface area contributed by atoms with E-state index in [-0.39, 0.29) is 12.2 Å². The van der Waals surface area contributed by atoms with E-state index in [1.165, 1.54) is 0 Å². The summed E-state index contributed by atoms with van der Waals surface area (Å²) < 4.78 is 10.9. The molecule has 2 atom stereocenters. The topological polar surface area (TPSA) is 21.8 Å². The molecule has 0 N–H and O–H groups in total. The van der Waals surface area contributed by atoms with Crippen LogP contribution in [-0.4, -0.2) is 18.8 Å². The van der Waals surface area contributed by atoms with Crippen molar-refractivity contribution in [2.24, 2.45) is 0 Å². The molecule has 1 fully saturated rings. The van der Waals surface area contributed by atoms with E-state index in [9.17, 15) is 0 Å². The number of benzene rings is 1. The molecule has 0 saturated carbocycles. The van der Waals surface area contributed by atoms with Crippen molar-refractivity contribution >= 4 is 34.8 Å². The van der Waals surface area contributed by atoms with Crippen molar-refractivity contribution in [1.82, 2.24) is 0 Å². The van der Waals surface area contributed by atoms with Gasteiger partial charge in [0.1, 0.15) is 18.5 Å². The third-order valence-corrected chi connectivity index (χ3v) is 3.66. The Labute approximate surface area is 115 Å². The Bertz CT molecular complexity index is 411. The molecular formula is C12H11Cl3O2. The third-order valence-electron chi connectivity index (χ3n) is 2.46. The van der Waals surface area contributed by atoms with Gasteiger partial charge < -0.3 is 9.47 Å². The van der Waals surface area contributed by atoms with Crippen molar-refractivity contribution in [3.05, 3.63) is 39.9 Å². The van der Waals surface area contributed by atoms with Crippen LogP contribution >= 0.6 is 34.8 Å². The second-order valence-electron chi connectivity index (χ2n) is 3.75. The fraction of sp³-hybridized carbons (Fsp3) is 0.333. The van der Waals surface area contributed by atoms with Crippen LogP contribution in [-0.2, 0) is 4.74 Å². The molecule has 92 valence electrons. The number of hydrogen-bond acceptors (Lipinski definition) is 2. The predicted octanol–water partition coefficient (Wildman–Crippen LogP) is 4.37. The smallest absolute Gasteiger partial charge is 0.122 e. The van der Waals surface area contributed by atoms with Gasteiger partial charge in [-0.1, -0.05) is 40.9 Å². The molecule has 0 aliphatic carbocycles. The largest absolute Gasteiger partial charge is 0.491 e. The van der Waals surface area contributed by atoms with Crippen LogP contribution in [0, 0.1) is 0 Å². The maximum atomic E-state index is 5.89. The molecule has 1 aromatic carbocycles. The SMILES string of the molecule is C=CCC1OC1COc1cc(Cl)c(Cl)c(Cl)c1. The van der Waals surface area contributed by atoms with Crippen molar-refractivity contribution in [3.63, 3.8) is 0 Å². The van der Waals surface area contributed by atoms with Crippen molar-refractivity contribution < 1.29 is 9.47 Å². The van der Waals surface area contributed by atoms with Crippen LogP contribution in [0.2, 0.25) is 15.1 Å². The summed E-state index contributed by atoms with van der Waals surface area (Å²) in [5.41, 5.74) is 0. The standard InChI is InChI=1S/C12H11Cl3O2/c1-2-3-10-11(17-10)6-16-7-4-8(13)12(15)9(14)5-7/h2,4-5,10-11H,1,3,6H2. The zero-order chi connectivity index (χ0) is 12.4. The van der Waals surface area contributed by atoms with Gasteiger partial charge >= 0.3 is 0 Å². The lowest BCUT2D eigenvalue weighted by Gasteiger charge is -2.06. The first-order chi connectivity index (χ1) is 8.11. The number of epoxide rings is 1. The molecule has 0 amide bonds. The fourth-order valence-electron chi connectivity index (χ4n) is 1.49. The molecule has 17 heavy (non-hydrogen) atoms. The van der Waals surface area contributed by atoms with Gasteiger partial charge in [-0.25, -0.2) is 0 Å². The van der Waals surface area contributed by atoms with Gasteiger partial charge in [0.05, 0.1) is 21.2 Å². The summed E-state index contributed by atoms with van der Waals surface area (Å²) in [4.78, 5) is 0. The summed E-state index contributed by atoms with van der Waals surface area (Å²) >= 11 is 17.6. The lowest BCUT2D eigenvalue weighted by molar-refractivity contribution is 0.260. The van der Waals surface area contributed by atoms with E-state index in [4.69, 9.17) is 44.3 Å². The molecule has 2 unspecified atom stereocenters. The van der Waals surface area contributed by atoms with Crippen LogP contribution < -0.4 is 4.74 Å². The number of ether oxygens (including phenoxy) is 2. The summed E-state index contributed by atoms with van der Waals surface area (Å²) in [6, 6.07) is 3.28. The Kier molecular flexibility index (Phi) is 4.21. The summed E-state index contributed by atoms with van der Waals surface area (Å²) in [5.74, 6) is 0.595. The van der Waals surface area contributed by atoms with Gasteiger partial charge in [-0.15, -0.1) is 6.58 Å². The monoisotopic (exact) mass is 292 g/mol. The van der Waals surface area contributed by atoms with Gasteiger partial charge in [0.15, 0.2) is 0 Å². The van der Waals surface area contributed by atoms with Gasteiger partial charge in [0, 0.05) is 12.1 Å². The summed E-state index contributed by atoms with van der Waals surface area (Å²) in [7, 11) is 0. The number of hydrogen-bond donors (Lipinski definition) is 0. The van der Waals surface area contributed by atoms with Gasteiger partial charge in [-0.2, -0.15) is 0 Å². The quantitative estimate of drug-likeness (QED) is 0.457. The van der Waals surface area contributed by atoms with Gasteiger partial charge in [0.25, 0.3) is 0 Å². The average molecular weight is 294 g/mol. The van der Waals surface area contributed by atoms with Crippen LogP contribution in [0.15, 0.2) is 24.8 Å².